The van der Waals surface area contributed by atoms with Crippen LogP contribution in [0.2, 0.25) is 10.0 Å². The fourth-order valence-corrected chi connectivity index (χ4v) is 2.73. The number of hydrogen-bond acceptors (Lipinski definition) is 3. The van der Waals surface area contributed by atoms with Crippen molar-refractivity contribution in [3.63, 3.8) is 0 Å². The number of H-pyrrole nitrogens is 1. The summed E-state index contributed by atoms with van der Waals surface area (Å²) >= 11 is 13.6. The van der Waals surface area contributed by atoms with E-state index in [2.05, 4.69) is 4.98 Å². The molecular weight excluding hydrogens is 319 g/mol. The van der Waals surface area contributed by atoms with E-state index in [1.165, 1.54) is 4.57 Å². The van der Waals surface area contributed by atoms with Gasteiger partial charge in [-0.2, -0.15) is 11.8 Å². The van der Waals surface area contributed by atoms with Crippen molar-refractivity contribution in [2.45, 2.75) is 13.0 Å². The first-order valence-corrected chi connectivity index (χ1v) is 8.11. The maximum atomic E-state index is 11.9. The van der Waals surface area contributed by atoms with E-state index >= 15 is 0 Å². The predicted molar refractivity (Wildman–Crippen MR) is 84.4 cm³/mol. The quantitative estimate of drug-likeness (QED) is 0.884. The summed E-state index contributed by atoms with van der Waals surface area (Å²) in [5.41, 5.74) is 0.933. The molecule has 0 unspecified atom stereocenters. The molecule has 4 nitrogen and oxygen atoms in total. The Hall–Kier alpha value is -1.04. The summed E-state index contributed by atoms with van der Waals surface area (Å²) in [5.74, 6) is 0.796. The topological polar surface area (TPSA) is 58.0 Å². The lowest BCUT2D eigenvalue weighted by molar-refractivity contribution is 0.416. The van der Waals surface area contributed by atoms with Crippen LogP contribution in [0.15, 0.2) is 23.0 Å². The van der Waals surface area contributed by atoms with Gasteiger partial charge in [0.05, 0.1) is 12.2 Å². The zero-order chi connectivity index (χ0) is 14.7. The van der Waals surface area contributed by atoms with Crippen LogP contribution in [0.4, 0.5) is 0 Å². The maximum absolute atomic E-state index is 11.9. The third-order valence-corrected chi connectivity index (χ3v) is 4.13. The number of aromatic nitrogens is 2. The summed E-state index contributed by atoms with van der Waals surface area (Å²) in [6.07, 6.45) is 2.59. The molecule has 0 aliphatic rings. The van der Waals surface area contributed by atoms with Crippen LogP contribution in [0, 0.1) is 0 Å². The van der Waals surface area contributed by atoms with Crippen LogP contribution < -0.4 is 5.69 Å². The zero-order valence-corrected chi connectivity index (χ0v) is 13.1. The smallest absolute Gasteiger partial charge is 0.328 e. The number of imidazole rings is 1. The third kappa shape index (κ3) is 3.34. The number of hydrogen-bond donors (Lipinski definition) is 2. The van der Waals surface area contributed by atoms with Crippen molar-refractivity contribution < 1.29 is 5.11 Å². The molecule has 0 saturated heterocycles. The van der Waals surface area contributed by atoms with Gasteiger partial charge in [-0.15, -0.1) is 0 Å². The Morgan fingerprint density at radius 1 is 1.40 bits per heavy atom. The Balaban J connectivity index is 2.29. The predicted octanol–water partition coefficient (Wildman–Crippen LogP) is 3.14. The van der Waals surface area contributed by atoms with Crippen molar-refractivity contribution >= 4 is 35.0 Å². The number of aromatic amines is 1. The van der Waals surface area contributed by atoms with E-state index in [0.29, 0.717) is 22.2 Å². The number of aryl methyl sites for hydroxylation is 1. The minimum atomic E-state index is -0.343. The van der Waals surface area contributed by atoms with Gasteiger partial charge in [0.25, 0.3) is 0 Å². The van der Waals surface area contributed by atoms with Crippen molar-refractivity contribution in [1.29, 1.82) is 0 Å². The molecule has 0 saturated carbocycles. The van der Waals surface area contributed by atoms with E-state index in [0.717, 1.165) is 11.3 Å². The van der Waals surface area contributed by atoms with E-state index in [4.69, 9.17) is 23.2 Å². The van der Waals surface area contributed by atoms with Crippen molar-refractivity contribution in [3.05, 3.63) is 50.0 Å². The van der Waals surface area contributed by atoms with Crippen LogP contribution in [-0.2, 0) is 13.0 Å². The molecule has 2 aromatic rings. The van der Waals surface area contributed by atoms with Crippen LogP contribution in [0.5, 0.6) is 5.88 Å². The summed E-state index contributed by atoms with van der Waals surface area (Å²) in [4.78, 5) is 14.6. The van der Waals surface area contributed by atoms with Crippen LogP contribution >= 0.6 is 35.0 Å². The summed E-state index contributed by atoms with van der Waals surface area (Å²) in [6.45, 7) is 0.205. The van der Waals surface area contributed by atoms with Gasteiger partial charge in [-0.05, 0) is 29.7 Å². The Labute approximate surface area is 130 Å². The van der Waals surface area contributed by atoms with Crippen LogP contribution in [0.1, 0.15) is 11.3 Å². The Kier molecular flexibility index (Phi) is 5.07. The van der Waals surface area contributed by atoms with E-state index in [1.54, 1.807) is 30.0 Å². The van der Waals surface area contributed by atoms with Crippen LogP contribution in [-0.4, -0.2) is 26.7 Å². The summed E-state index contributed by atoms with van der Waals surface area (Å²) in [7, 11) is 0. The molecule has 0 aliphatic heterocycles. The first kappa shape index (κ1) is 15.4. The number of halogens is 2. The second kappa shape index (κ2) is 6.61. The standard InChI is InChI=1S/C13H14Cl2N2O2S/c1-20-5-4-11-12(18)17(13(19)16-11)7-8-2-3-9(14)6-10(8)15/h2-3,6,18H,4-5,7H2,1H3,(H,16,19). The number of thioether (sulfide) groups is 1. The summed E-state index contributed by atoms with van der Waals surface area (Å²) in [6, 6.07) is 5.05. The molecule has 2 rings (SSSR count). The van der Waals surface area contributed by atoms with Crippen molar-refractivity contribution in [2.75, 3.05) is 12.0 Å². The molecule has 108 valence electrons. The van der Waals surface area contributed by atoms with Gasteiger partial charge in [0.2, 0.25) is 5.88 Å². The van der Waals surface area contributed by atoms with Crippen LogP contribution in [0.25, 0.3) is 0 Å². The second-order valence-corrected chi connectivity index (χ2v) is 6.13. The highest BCUT2D eigenvalue weighted by molar-refractivity contribution is 7.98. The van der Waals surface area contributed by atoms with Gasteiger partial charge in [-0.25, -0.2) is 4.79 Å². The van der Waals surface area contributed by atoms with Gasteiger partial charge in [-0.1, -0.05) is 29.3 Å². The number of nitrogens with zero attached hydrogens (tertiary/aromatic N) is 1. The monoisotopic (exact) mass is 332 g/mol. The lowest BCUT2D eigenvalue weighted by Gasteiger charge is -2.06. The molecule has 0 fully saturated rings. The van der Waals surface area contributed by atoms with Gasteiger partial charge >= 0.3 is 5.69 Å². The van der Waals surface area contributed by atoms with E-state index in [9.17, 15) is 9.90 Å². The molecule has 0 aliphatic carbocycles. The molecule has 0 bridgehead atoms. The first-order chi connectivity index (χ1) is 9.52. The lowest BCUT2D eigenvalue weighted by atomic mass is 10.2. The number of aromatic hydroxyl groups is 1. The second-order valence-electron chi connectivity index (χ2n) is 4.30. The molecule has 0 radical (unpaired) electrons. The molecule has 1 aromatic heterocycles. The molecular formula is C13H14Cl2N2O2S. The number of rotatable bonds is 5. The molecule has 2 N–H and O–H groups in total. The largest absolute Gasteiger partial charge is 0.493 e. The summed E-state index contributed by atoms with van der Waals surface area (Å²) < 4.78 is 1.27. The number of nitrogens with one attached hydrogen (secondary N) is 1. The highest BCUT2D eigenvalue weighted by Gasteiger charge is 2.14. The molecule has 0 atom stereocenters. The maximum Gasteiger partial charge on any atom is 0.328 e. The third-order valence-electron chi connectivity index (χ3n) is 2.93. The lowest BCUT2D eigenvalue weighted by Crippen LogP contribution is -2.17. The van der Waals surface area contributed by atoms with Gasteiger partial charge in [0.1, 0.15) is 0 Å². The fourth-order valence-electron chi connectivity index (χ4n) is 1.86. The van der Waals surface area contributed by atoms with Crippen molar-refractivity contribution in [3.8, 4) is 5.88 Å². The van der Waals surface area contributed by atoms with E-state index in [1.807, 2.05) is 6.26 Å². The minimum Gasteiger partial charge on any atom is -0.493 e. The Morgan fingerprint density at radius 3 is 2.80 bits per heavy atom. The van der Waals surface area contributed by atoms with Gasteiger partial charge in [-0.3, -0.25) is 4.57 Å². The molecule has 7 heteroatoms. The minimum absolute atomic E-state index is 0.0323. The van der Waals surface area contributed by atoms with Crippen molar-refractivity contribution in [2.24, 2.45) is 0 Å². The van der Waals surface area contributed by atoms with E-state index in [-0.39, 0.29) is 18.1 Å². The average molecular weight is 333 g/mol. The first-order valence-electron chi connectivity index (χ1n) is 5.96. The van der Waals surface area contributed by atoms with Gasteiger partial charge in [0, 0.05) is 16.5 Å². The Bertz CT molecular complexity index is 667. The van der Waals surface area contributed by atoms with Crippen molar-refractivity contribution in [1.82, 2.24) is 9.55 Å². The summed E-state index contributed by atoms with van der Waals surface area (Å²) in [5, 5.41) is 11.1. The highest BCUT2D eigenvalue weighted by atomic mass is 35.5. The van der Waals surface area contributed by atoms with Gasteiger partial charge < -0.3 is 10.1 Å². The molecule has 20 heavy (non-hydrogen) atoms. The molecule has 0 amide bonds. The normalized spacial score (nSPS) is 10.9. The average Bonchev–Trinajstić information content (AvgIpc) is 2.66. The molecule has 1 aromatic carbocycles. The fraction of sp³-hybridized carbons (Fsp3) is 0.308. The molecule has 0 spiro atoms. The van der Waals surface area contributed by atoms with E-state index < -0.39 is 0 Å². The Morgan fingerprint density at radius 2 is 2.15 bits per heavy atom. The molecule has 1 heterocycles. The van der Waals surface area contributed by atoms with Crippen LogP contribution in [0.3, 0.4) is 0 Å². The van der Waals surface area contributed by atoms with Gasteiger partial charge in [0.15, 0.2) is 0 Å². The highest BCUT2D eigenvalue weighted by Crippen LogP contribution is 2.23. The SMILES string of the molecule is CSCCc1[nH]c(=O)n(Cc2ccc(Cl)cc2Cl)c1O. The zero-order valence-electron chi connectivity index (χ0n) is 10.8. The number of benzene rings is 1.